The van der Waals surface area contributed by atoms with Crippen molar-refractivity contribution in [3.8, 4) is 0 Å². The zero-order valence-corrected chi connectivity index (χ0v) is 15.0. The third-order valence-corrected chi connectivity index (χ3v) is 4.32. The van der Waals surface area contributed by atoms with Crippen LogP contribution in [0, 0.1) is 5.92 Å². The largest absolute Gasteiger partial charge is 0.353 e. The molecule has 0 radical (unpaired) electrons. The van der Waals surface area contributed by atoms with Crippen LogP contribution in [0.4, 0.5) is 0 Å². The molecule has 0 fully saturated rings. The molecule has 0 saturated heterocycles. The van der Waals surface area contributed by atoms with Crippen molar-refractivity contribution in [2.75, 3.05) is 0 Å². The number of amides is 2. The molecule has 25 heavy (non-hydrogen) atoms. The van der Waals surface area contributed by atoms with Crippen LogP contribution >= 0.6 is 0 Å². The summed E-state index contributed by atoms with van der Waals surface area (Å²) in [6.45, 7) is 6.12. The van der Waals surface area contributed by atoms with E-state index < -0.39 is 0 Å². The van der Waals surface area contributed by atoms with Gasteiger partial charge >= 0.3 is 0 Å². The Morgan fingerprint density at radius 3 is 1.96 bits per heavy atom. The van der Waals surface area contributed by atoms with Crippen LogP contribution in [0.15, 0.2) is 60.7 Å². The number of nitrogens with one attached hydrogen (secondary N) is 2. The molecule has 0 aliphatic rings. The Balaban J connectivity index is 2.11. The van der Waals surface area contributed by atoms with Crippen LogP contribution in [-0.4, -0.2) is 17.9 Å². The molecule has 0 bridgehead atoms. The van der Waals surface area contributed by atoms with Crippen molar-refractivity contribution in [3.05, 3.63) is 71.8 Å². The number of benzene rings is 2. The molecule has 4 nitrogen and oxygen atoms in total. The van der Waals surface area contributed by atoms with Gasteiger partial charge in [0.25, 0.3) is 5.91 Å². The van der Waals surface area contributed by atoms with Gasteiger partial charge in [-0.15, -0.1) is 0 Å². The average Bonchev–Trinajstić information content (AvgIpc) is 2.62. The van der Waals surface area contributed by atoms with E-state index in [1.165, 1.54) is 0 Å². The molecule has 0 aromatic heterocycles. The standard InChI is InChI=1S/C21H26N2O2/c1-15(2)16(3)22-20(24)14-19(17-10-6-4-7-11-17)23-21(25)18-12-8-5-9-13-18/h4-13,15-16,19H,14H2,1-3H3,(H,22,24)(H,23,25). The van der Waals surface area contributed by atoms with E-state index in [-0.39, 0.29) is 30.3 Å². The van der Waals surface area contributed by atoms with Crippen LogP contribution in [0.2, 0.25) is 0 Å². The van der Waals surface area contributed by atoms with Crippen LogP contribution in [0.1, 0.15) is 49.2 Å². The SMILES string of the molecule is CC(C)C(C)NC(=O)CC(NC(=O)c1ccccc1)c1ccccc1. The molecule has 0 heterocycles. The molecule has 2 aromatic rings. The predicted molar refractivity (Wildman–Crippen MR) is 100 cm³/mol. The lowest BCUT2D eigenvalue weighted by molar-refractivity contribution is -0.122. The molecule has 0 aliphatic heterocycles. The van der Waals surface area contributed by atoms with E-state index >= 15 is 0 Å². The highest BCUT2D eigenvalue weighted by Gasteiger charge is 2.20. The van der Waals surface area contributed by atoms with Gasteiger partial charge in [-0.2, -0.15) is 0 Å². The summed E-state index contributed by atoms with van der Waals surface area (Å²) in [6, 6.07) is 18.3. The highest BCUT2D eigenvalue weighted by atomic mass is 16.2. The summed E-state index contributed by atoms with van der Waals surface area (Å²) in [6.07, 6.45) is 0.208. The molecular weight excluding hydrogens is 312 g/mol. The molecule has 132 valence electrons. The first-order valence-electron chi connectivity index (χ1n) is 8.67. The molecule has 2 unspecified atom stereocenters. The molecule has 2 atom stereocenters. The number of carbonyl (C=O) groups excluding carboxylic acids is 2. The van der Waals surface area contributed by atoms with Gasteiger partial charge in [0, 0.05) is 11.6 Å². The summed E-state index contributed by atoms with van der Waals surface area (Å²) in [4.78, 5) is 24.9. The number of carbonyl (C=O) groups is 2. The maximum Gasteiger partial charge on any atom is 0.251 e. The fraction of sp³-hybridized carbons (Fsp3) is 0.333. The molecule has 2 N–H and O–H groups in total. The lowest BCUT2D eigenvalue weighted by atomic mass is 10.0. The lowest BCUT2D eigenvalue weighted by Crippen LogP contribution is -2.39. The molecule has 0 aliphatic carbocycles. The Bertz CT molecular complexity index is 684. The van der Waals surface area contributed by atoms with Crippen molar-refractivity contribution in [3.63, 3.8) is 0 Å². The Morgan fingerprint density at radius 1 is 0.840 bits per heavy atom. The highest BCUT2D eigenvalue weighted by molar-refractivity contribution is 5.94. The van der Waals surface area contributed by atoms with Crippen LogP contribution in [0.5, 0.6) is 0 Å². The summed E-state index contributed by atoms with van der Waals surface area (Å²) < 4.78 is 0. The van der Waals surface area contributed by atoms with E-state index in [1.807, 2.05) is 55.5 Å². The van der Waals surface area contributed by atoms with Crippen molar-refractivity contribution >= 4 is 11.8 Å². The maximum absolute atomic E-state index is 12.5. The fourth-order valence-electron chi connectivity index (χ4n) is 2.43. The molecule has 0 spiro atoms. The minimum Gasteiger partial charge on any atom is -0.353 e. The summed E-state index contributed by atoms with van der Waals surface area (Å²) in [7, 11) is 0. The first kappa shape index (κ1) is 18.7. The Labute approximate surface area is 149 Å². The molecular formula is C21H26N2O2. The van der Waals surface area contributed by atoms with Gasteiger partial charge in [-0.05, 0) is 30.5 Å². The first-order chi connectivity index (χ1) is 12.0. The number of hydrogen-bond acceptors (Lipinski definition) is 2. The lowest BCUT2D eigenvalue weighted by Gasteiger charge is -2.22. The summed E-state index contributed by atoms with van der Waals surface area (Å²) in [5.74, 6) is 0.112. The van der Waals surface area contributed by atoms with Gasteiger partial charge in [0.2, 0.25) is 5.91 Å². The molecule has 2 aromatic carbocycles. The maximum atomic E-state index is 12.5. The molecule has 2 rings (SSSR count). The second-order valence-corrected chi connectivity index (χ2v) is 6.61. The van der Waals surface area contributed by atoms with Crippen LogP contribution in [0.25, 0.3) is 0 Å². The third-order valence-electron chi connectivity index (χ3n) is 4.32. The zero-order chi connectivity index (χ0) is 18.2. The topological polar surface area (TPSA) is 58.2 Å². The fourth-order valence-corrected chi connectivity index (χ4v) is 2.43. The van der Waals surface area contributed by atoms with Gasteiger partial charge in [-0.25, -0.2) is 0 Å². The Hall–Kier alpha value is -2.62. The quantitative estimate of drug-likeness (QED) is 0.808. The van der Waals surface area contributed by atoms with Gasteiger partial charge < -0.3 is 10.6 Å². The summed E-state index contributed by atoms with van der Waals surface area (Å²) in [5, 5.41) is 5.99. The Morgan fingerprint density at radius 2 is 1.40 bits per heavy atom. The van der Waals surface area contributed by atoms with Gasteiger partial charge in [0.05, 0.1) is 12.5 Å². The normalized spacial score (nSPS) is 13.1. The molecule has 0 saturated carbocycles. The van der Waals surface area contributed by atoms with Gasteiger partial charge in [-0.3, -0.25) is 9.59 Å². The molecule has 4 heteroatoms. The average molecular weight is 338 g/mol. The van der Waals surface area contributed by atoms with E-state index in [0.717, 1.165) is 5.56 Å². The summed E-state index contributed by atoms with van der Waals surface area (Å²) in [5.41, 5.74) is 1.50. The van der Waals surface area contributed by atoms with Crippen LogP contribution < -0.4 is 10.6 Å². The van der Waals surface area contributed by atoms with E-state index in [9.17, 15) is 9.59 Å². The first-order valence-corrected chi connectivity index (χ1v) is 8.67. The van der Waals surface area contributed by atoms with Crippen molar-refractivity contribution in [1.82, 2.24) is 10.6 Å². The third kappa shape index (κ3) is 5.75. The van der Waals surface area contributed by atoms with Crippen molar-refractivity contribution in [2.45, 2.75) is 39.3 Å². The second-order valence-electron chi connectivity index (χ2n) is 6.61. The monoisotopic (exact) mass is 338 g/mol. The minimum absolute atomic E-state index is 0.0663. The Kier molecular flexibility index (Phi) is 6.75. The summed E-state index contributed by atoms with van der Waals surface area (Å²) >= 11 is 0. The highest BCUT2D eigenvalue weighted by Crippen LogP contribution is 2.18. The van der Waals surface area contributed by atoms with Crippen molar-refractivity contribution < 1.29 is 9.59 Å². The second kappa shape index (κ2) is 9.02. The number of hydrogen-bond donors (Lipinski definition) is 2. The minimum atomic E-state index is -0.367. The van der Waals surface area contributed by atoms with Gasteiger partial charge in [-0.1, -0.05) is 62.4 Å². The smallest absolute Gasteiger partial charge is 0.251 e. The zero-order valence-electron chi connectivity index (χ0n) is 15.0. The van der Waals surface area contributed by atoms with E-state index in [4.69, 9.17) is 0 Å². The van der Waals surface area contributed by atoms with Crippen LogP contribution in [-0.2, 0) is 4.79 Å². The van der Waals surface area contributed by atoms with Crippen LogP contribution in [0.3, 0.4) is 0 Å². The number of rotatable bonds is 7. The van der Waals surface area contributed by atoms with E-state index in [1.54, 1.807) is 12.1 Å². The van der Waals surface area contributed by atoms with Crippen molar-refractivity contribution in [1.29, 1.82) is 0 Å². The van der Waals surface area contributed by atoms with E-state index in [2.05, 4.69) is 24.5 Å². The van der Waals surface area contributed by atoms with Crippen molar-refractivity contribution in [2.24, 2.45) is 5.92 Å². The predicted octanol–water partition coefficient (Wildman–Crippen LogP) is 3.71. The van der Waals surface area contributed by atoms with Gasteiger partial charge in [0.1, 0.15) is 0 Å². The van der Waals surface area contributed by atoms with Gasteiger partial charge in [0.15, 0.2) is 0 Å². The molecule has 2 amide bonds. The van der Waals surface area contributed by atoms with E-state index in [0.29, 0.717) is 11.5 Å².